The van der Waals surface area contributed by atoms with Crippen LogP contribution in [-0.4, -0.2) is 42.0 Å². The van der Waals surface area contributed by atoms with Gasteiger partial charge in [0.25, 0.3) is 5.69 Å². The molecule has 1 saturated heterocycles. The number of nitro benzene ring substituents is 1. The maximum atomic E-state index is 13.6. The largest absolute Gasteiger partial charge is 0.362 e. The van der Waals surface area contributed by atoms with Crippen molar-refractivity contribution in [2.24, 2.45) is 0 Å². The molecular weight excluding hydrogens is 346 g/mol. The molecule has 0 spiro atoms. The number of piperazine rings is 1. The Morgan fingerprint density at radius 2 is 1.77 bits per heavy atom. The third-order valence-corrected chi connectivity index (χ3v) is 4.16. The van der Waals surface area contributed by atoms with E-state index in [0.29, 0.717) is 37.9 Å². The van der Waals surface area contributed by atoms with E-state index in [-0.39, 0.29) is 11.4 Å². The van der Waals surface area contributed by atoms with Gasteiger partial charge in [-0.05, 0) is 18.2 Å². The normalized spacial score (nSPS) is 14.2. The zero-order valence-corrected chi connectivity index (χ0v) is 13.7. The summed E-state index contributed by atoms with van der Waals surface area (Å²) in [4.78, 5) is 26.3. The minimum atomic E-state index is -0.850. The highest BCUT2D eigenvalue weighted by Gasteiger charge is 2.25. The fourth-order valence-corrected chi connectivity index (χ4v) is 2.82. The van der Waals surface area contributed by atoms with E-state index in [1.807, 2.05) is 4.90 Å². The zero-order valence-electron chi connectivity index (χ0n) is 13.7. The van der Waals surface area contributed by atoms with Gasteiger partial charge in [0.2, 0.25) is 0 Å². The summed E-state index contributed by atoms with van der Waals surface area (Å²) in [5.41, 5.74) is 0.415. The molecule has 3 rings (SSSR count). The van der Waals surface area contributed by atoms with Crippen molar-refractivity contribution in [1.29, 1.82) is 0 Å². The number of hydrogen-bond donors (Lipinski definition) is 1. The maximum absolute atomic E-state index is 13.6. The highest BCUT2D eigenvalue weighted by Crippen LogP contribution is 2.28. The summed E-state index contributed by atoms with van der Waals surface area (Å²) in [5.74, 6) is -1.57. The van der Waals surface area contributed by atoms with Crippen LogP contribution >= 0.6 is 0 Å². The van der Waals surface area contributed by atoms with Crippen molar-refractivity contribution >= 4 is 23.1 Å². The van der Waals surface area contributed by atoms with Crippen LogP contribution < -0.4 is 10.2 Å². The lowest BCUT2D eigenvalue weighted by Gasteiger charge is -2.35. The van der Waals surface area contributed by atoms with E-state index in [9.17, 15) is 23.7 Å². The second-order valence-electron chi connectivity index (χ2n) is 5.77. The third-order valence-electron chi connectivity index (χ3n) is 4.16. The molecular formula is C17H16F2N4O3. The molecule has 1 heterocycles. The number of halogens is 2. The number of carbonyl (C=O) groups is 1. The van der Waals surface area contributed by atoms with Gasteiger partial charge in [-0.2, -0.15) is 0 Å². The minimum absolute atomic E-state index is 0.0128. The number of nitrogens with zero attached hydrogens (tertiary/aromatic N) is 3. The van der Waals surface area contributed by atoms with Crippen LogP contribution in [0, 0.1) is 21.7 Å². The lowest BCUT2D eigenvalue weighted by Crippen LogP contribution is -2.50. The van der Waals surface area contributed by atoms with Crippen LogP contribution in [0.5, 0.6) is 0 Å². The zero-order chi connectivity index (χ0) is 18.7. The second kappa shape index (κ2) is 7.34. The molecule has 0 aliphatic carbocycles. The quantitative estimate of drug-likeness (QED) is 0.672. The number of hydrogen-bond acceptors (Lipinski definition) is 4. The van der Waals surface area contributed by atoms with Crippen molar-refractivity contribution in [2.45, 2.75) is 0 Å². The molecule has 1 aliphatic rings. The van der Waals surface area contributed by atoms with Gasteiger partial charge in [-0.3, -0.25) is 10.1 Å². The van der Waals surface area contributed by atoms with Crippen LogP contribution in [0.3, 0.4) is 0 Å². The van der Waals surface area contributed by atoms with Crippen molar-refractivity contribution in [3.8, 4) is 0 Å². The van der Waals surface area contributed by atoms with Gasteiger partial charge in [-0.15, -0.1) is 0 Å². The summed E-state index contributed by atoms with van der Waals surface area (Å²) in [6, 6.07) is 8.84. The number of amides is 2. The van der Waals surface area contributed by atoms with Gasteiger partial charge in [-0.1, -0.05) is 12.1 Å². The molecule has 9 heteroatoms. The molecule has 7 nitrogen and oxygen atoms in total. The Balaban J connectivity index is 1.63. The van der Waals surface area contributed by atoms with E-state index in [1.54, 1.807) is 18.2 Å². The van der Waals surface area contributed by atoms with E-state index < -0.39 is 22.6 Å². The first-order valence-electron chi connectivity index (χ1n) is 7.95. The molecule has 0 saturated carbocycles. The SMILES string of the molecule is O=C(Nc1ccc(F)cc1F)N1CCN(c2ccccc2[N+](=O)[O-])CC1. The summed E-state index contributed by atoms with van der Waals surface area (Å²) >= 11 is 0. The van der Waals surface area contributed by atoms with Crippen LogP contribution in [-0.2, 0) is 0 Å². The Hall–Kier alpha value is -3.23. The molecule has 2 aromatic rings. The van der Waals surface area contributed by atoms with E-state index in [1.165, 1.54) is 11.0 Å². The fraction of sp³-hybridized carbons (Fsp3) is 0.235. The standard InChI is InChI=1S/C17H16F2N4O3/c18-12-5-6-14(13(19)11-12)20-17(24)22-9-7-21(8-10-22)15-3-1-2-4-16(15)23(25)26/h1-6,11H,7-10H2,(H,20,24). The fourth-order valence-electron chi connectivity index (χ4n) is 2.82. The number of rotatable bonds is 3. The number of anilines is 2. The average Bonchev–Trinajstić information content (AvgIpc) is 2.64. The molecule has 1 fully saturated rings. The Labute approximate surface area is 148 Å². The molecule has 136 valence electrons. The molecule has 26 heavy (non-hydrogen) atoms. The summed E-state index contributed by atoms with van der Waals surface area (Å²) in [7, 11) is 0. The smallest absolute Gasteiger partial charge is 0.322 e. The number of nitro groups is 1. The minimum Gasteiger partial charge on any atom is -0.362 e. The molecule has 1 aliphatic heterocycles. The van der Waals surface area contributed by atoms with Gasteiger partial charge < -0.3 is 15.1 Å². The summed E-state index contributed by atoms with van der Waals surface area (Å²) in [6.45, 7) is 1.45. The van der Waals surface area contributed by atoms with Gasteiger partial charge in [0.15, 0.2) is 0 Å². The van der Waals surface area contributed by atoms with Crippen molar-refractivity contribution in [3.05, 3.63) is 64.2 Å². The highest BCUT2D eigenvalue weighted by molar-refractivity contribution is 5.89. The molecule has 0 bridgehead atoms. The van der Waals surface area contributed by atoms with Crippen LogP contribution in [0.2, 0.25) is 0 Å². The first-order chi connectivity index (χ1) is 12.5. The predicted octanol–water partition coefficient (Wildman–Crippen LogP) is 3.23. The van der Waals surface area contributed by atoms with Crippen molar-refractivity contribution < 1.29 is 18.5 Å². The van der Waals surface area contributed by atoms with Crippen LogP contribution in [0.15, 0.2) is 42.5 Å². The van der Waals surface area contributed by atoms with Crippen molar-refractivity contribution in [1.82, 2.24) is 4.90 Å². The average molecular weight is 362 g/mol. The molecule has 0 aromatic heterocycles. The molecule has 0 atom stereocenters. The predicted molar refractivity (Wildman–Crippen MR) is 92.3 cm³/mol. The van der Waals surface area contributed by atoms with Crippen molar-refractivity contribution in [2.75, 3.05) is 36.4 Å². The number of benzene rings is 2. The van der Waals surface area contributed by atoms with E-state index in [0.717, 1.165) is 12.1 Å². The van der Waals surface area contributed by atoms with Gasteiger partial charge in [0.05, 0.1) is 10.6 Å². The van der Waals surface area contributed by atoms with Crippen LogP contribution in [0.4, 0.5) is 30.6 Å². The first-order valence-corrected chi connectivity index (χ1v) is 7.95. The van der Waals surface area contributed by atoms with Gasteiger partial charge in [0, 0.05) is 38.3 Å². The number of nitrogens with one attached hydrogen (secondary N) is 1. The number of para-hydroxylation sites is 2. The van der Waals surface area contributed by atoms with E-state index in [4.69, 9.17) is 0 Å². The number of urea groups is 1. The maximum Gasteiger partial charge on any atom is 0.322 e. The Kier molecular flexibility index (Phi) is 4.97. The molecule has 1 N–H and O–H groups in total. The van der Waals surface area contributed by atoms with Crippen LogP contribution in [0.1, 0.15) is 0 Å². The topological polar surface area (TPSA) is 78.7 Å². The lowest BCUT2D eigenvalue weighted by molar-refractivity contribution is -0.384. The van der Waals surface area contributed by atoms with Crippen LogP contribution in [0.25, 0.3) is 0 Å². The van der Waals surface area contributed by atoms with Crippen molar-refractivity contribution in [3.63, 3.8) is 0 Å². The van der Waals surface area contributed by atoms with E-state index in [2.05, 4.69) is 5.32 Å². The summed E-state index contributed by atoms with van der Waals surface area (Å²) in [6.07, 6.45) is 0. The van der Waals surface area contributed by atoms with Gasteiger partial charge >= 0.3 is 6.03 Å². The van der Waals surface area contributed by atoms with Gasteiger partial charge in [0.1, 0.15) is 17.3 Å². The number of carbonyl (C=O) groups excluding carboxylic acids is 1. The first kappa shape index (κ1) is 17.6. The molecule has 2 amide bonds. The Morgan fingerprint density at radius 3 is 2.42 bits per heavy atom. The Morgan fingerprint density at radius 1 is 1.08 bits per heavy atom. The summed E-state index contributed by atoms with van der Waals surface area (Å²) in [5, 5.41) is 13.5. The molecule has 0 unspecified atom stereocenters. The summed E-state index contributed by atoms with van der Waals surface area (Å²) < 4.78 is 26.6. The lowest BCUT2D eigenvalue weighted by atomic mass is 10.2. The highest BCUT2D eigenvalue weighted by atomic mass is 19.1. The monoisotopic (exact) mass is 362 g/mol. The Bertz CT molecular complexity index is 839. The van der Waals surface area contributed by atoms with E-state index >= 15 is 0 Å². The third kappa shape index (κ3) is 3.71. The molecule has 2 aromatic carbocycles. The van der Waals surface area contributed by atoms with Gasteiger partial charge in [-0.25, -0.2) is 13.6 Å². The second-order valence-corrected chi connectivity index (χ2v) is 5.77. The molecule has 0 radical (unpaired) electrons.